The quantitative estimate of drug-likeness (QED) is 0.605. The van der Waals surface area contributed by atoms with Crippen LogP contribution in [0.25, 0.3) is 0 Å². The lowest BCUT2D eigenvalue weighted by Gasteiger charge is -2.04. The molecule has 0 saturated heterocycles. The number of halogens is 1. The van der Waals surface area contributed by atoms with Crippen LogP contribution in [0, 0.1) is 5.82 Å². The summed E-state index contributed by atoms with van der Waals surface area (Å²) >= 11 is 2.60. The van der Waals surface area contributed by atoms with E-state index < -0.39 is 5.82 Å². The molecule has 1 amide bonds. The molecule has 8 heteroatoms. The molecule has 0 radical (unpaired) electrons. The second-order valence-electron chi connectivity index (χ2n) is 3.86. The van der Waals surface area contributed by atoms with Gasteiger partial charge < -0.3 is 10.6 Å². The smallest absolute Gasteiger partial charge is 0.234 e. The Morgan fingerprint density at radius 2 is 2.24 bits per heavy atom. The van der Waals surface area contributed by atoms with Crippen molar-refractivity contribution in [3.05, 3.63) is 42.7 Å². The molecule has 1 aromatic carbocycles. The number of hydrogen-bond donors (Lipinski definition) is 2. The van der Waals surface area contributed by atoms with Gasteiger partial charge in [-0.05, 0) is 12.1 Å². The maximum Gasteiger partial charge on any atom is 0.234 e. The highest BCUT2D eigenvalue weighted by atomic mass is 32.2. The normalized spacial score (nSPS) is 10.1. The lowest BCUT2D eigenvalue weighted by Crippen LogP contribution is -2.14. The molecule has 0 unspecified atom stereocenters. The number of nitrogens with one attached hydrogen (secondary N) is 2. The number of nitrogens with zero attached hydrogens (tertiary/aromatic N) is 2. The molecular weight excluding hydrogens is 311 g/mol. The summed E-state index contributed by atoms with van der Waals surface area (Å²) in [6.45, 7) is 4.20. The van der Waals surface area contributed by atoms with E-state index in [0.717, 1.165) is 0 Å². The predicted molar refractivity (Wildman–Crippen MR) is 84.3 cm³/mol. The average molecular weight is 324 g/mol. The Morgan fingerprint density at radius 3 is 3.00 bits per heavy atom. The third kappa shape index (κ3) is 4.83. The van der Waals surface area contributed by atoms with Gasteiger partial charge in [0.2, 0.25) is 11.0 Å². The van der Waals surface area contributed by atoms with Gasteiger partial charge in [0.25, 0.3) is 0 Å². The number of thioether (sulfide) groups is 1. The molecule has 0 bridgehead atoms. The number of carbonyl (C=O) groups is 1. The molecule has 1 heterocycles. The first-order valence-corrected chi connectivity index (χ1v) is 7.84. The van der Waals surface area contributed by atoms with Crippen molar-refractivity contribution >= 4 is 39.8 Å². The molecule has 2 aromatic rings. The summed E-state index contributed by atoms with van der Waals surface area (Å²) in [7, 11) is 0. The van der Waals surface area contributed by atoms with Crippen LogP contribution in [0.2, 0.25) is 0 Å². The number of amides is 1. The molecule has 0 saturated carbocycles. The minimum atomic E-state index is -0.456. The Kier molecular flexibility index (Phi) is 5.70. The molecule has 0 aliphatic rings. The van der Waals surface area contributed by atoms with Crippen LogP contribution in [0.3, 0.4) is 0 Å². The minimum Gasteiger partial charge on any atom is -0.357 e. The molecule has 21 heavy (non-hydrogen) atoms. The summed E-state index contributed by atoms with van der Waals surface area (Å²) in [6.07, 6.45) is 1.72. The first kappa shape index (κ1) is 15.5. The van der Waals surface area contributed by atoms with E-state index in [-0.39, 0.29) is 17.3 Å². The Hall–Kier alpha value is -1.93. The van der Waals surface area contributed by atoms with E-state index in [9.17, 15) is 9.18 Å². The SMILES string of the molecule is C=CCNc1nnc(SCC(=O)Nc2ccccc2F)s1. The van der Waals surface area contributed by atoms with Gasteiger partial charge in [0.15, 0.2) is 4.34 Å². The fourth-order valence-corrected chi connectivity index (χ4v) is 2.93. The van der Waals surface area contributed by atoms with Crippen molar-refractivity contribution in [1.82, 2.24) is 10.2 Å². The maximum absolute atomic E-state index is 13.4. The highest BCUT2D eigenvalue weighted by molar-refractivity contribution is 8.01. The van der Waals surface area contributed by atoms with E-state index in [0.29, 0.717) is 16.0 Å². The lowest BCUT2D eigenvalue weighted by atomic mass is 10.3. The molecule has 0 aliphatic carbocycles. The Labute approximate surface area is 129 Å². The van der Waals surface area contributed by atoms with E-state index in [2.05, 4.69) is 27.4 Å². The second-order valence-corrected chi connectivity index (χ2v) is 6.06. The molecule has 0 spiro atoms. The van der Waals surface area contributed by atoms with Crippen molar-refractivity contribution in [2.45, 2.75) is 4.34 Å². The van der Waals surface area contributed by atoms with Gasteiger partial charge in [0.05, 0.1) is 11.4 Å². The van der Waals surface area contributed by atoms with E-state index in [1.54, 1.807) is 18.2 Å². The molecule has 2 N–H and O–H groups in total. The number of hydrogen-bond acceptors (Lipinski definition) is 6. The maximum atomic E-state index is 13.4. The van der Waals surface area contributed by atoms with Gasteiger partial charge in [-0.1, -0.05) is 41.3 Å². The van der Waals surface area contributed by atoms with Crippen LogP contribution >= 0.6 is 23.1 Å². The number of aromatic nitrogens is 2. The van der Waals surface area contributed by atoms with Gasteiger partial charge in [-0.25, -0.2) is 4.39 Å². The van der Waals surface area contributed by atoms with Crippen LogP contribution in [0.4, 0.5) is 15.2 Å². The monoisotopic (exact) mass is 324 g/mol. The van der Waals surface area contributed by atoms with Crippen LogP contribution < -0.4 is 10.6 Å². The molecular formula is C13H13FN4OS2. The summed E-state index contributed by atoms with van der Waals surface area (Å²) < 4.78 is 14.0. The molecule has 5 nitrogen and oxygen atoms in total. The largest absolute Gasteiger partial charge is 0.357 e. The summed E-state index contributed by atoms with van der Waals surface area (Å²) in [5, 5.41) is 14.1. The number of carbonyl (C=O) groups excluding carboxylic acids is 1. The third-order valence-electron chi connectivity index (χ3n) is 2.28. The van der Waals surface area contributed by atoms with Crippen LogP contribution in [0.5, 0.6) is 0 Å². The Balaban J connectivity index is 1.82. The Morgan fingerprint density at radius 1 is 1.43 bits per heavy atom. The van der Waals surface area contributed by atoms with Crippen LogP contribution in [0.1, 0.15) is 0 Å². The molecule has 2 rings (SSSR count). The third-order valence-corrected chi connectivity index (χ3v) is 4.29. The van der Waals surface area contributed by atoms with Gasteiger partial charge in [-0.3, -0.25) is 4.79 Å². The Bertz CT molecular complexity index is 632. The summed E-state index contributed by atoms with van der Waals surface area (Å²) in [5.74, 6) is -0.603. The van der Waals surface area contributed by atoms with Gasteiger partial charge in [-0.15, -0.1) is 16.8 Å². The van der Waals surface area contributed by atoms with Crippen molar-refractivity contribution in [3.8, 4) is 0 Å². The minimum absolute atomic E-state index is 0.143. The lowest BCUT2D eigenvalue weighted by molar-refractivity contribution is -0.113. The van der Waals surface area contributed by atoms with Crippen molar-refractivity contribution in [1.29, 1.82) is 0 Å². The zero-order valence-corrected chi connectivity index (χ0v) is 12.6. The average Bonchev–Trinajstić information content (AvgIpc) is 2.93. The second kappa shape index (κ2) is 7.75. The number of para-hydroxylation sites is 1. The molecule has 0 fully saturated rings. The van der Waals surface area contributed by atoms with Crippen LogP contribution in [-0.4, -0.2) is 28.4 Å². The van der Waals surface area contributed by atoms with E-state index in [1.165, 1.54) is 35.2 Å². The van der Waals surface area contributed by atoms with Gasteiger partial charge in [0, 0.05) is 6.54 Å². The van der Waals surface area contributed by atoms with Crippen molar-refractivity contribution < 1.29 is 9.18 Å². The summed E-state index contributed by atoms with van der Waals surface area (Å²) in [5.41, 5.74) is 0.175. The number of rotatable bonds is 7. The standard InChI is InChI=1S/C13H13FN4OS2/c1-2-7-15-12-17-18-13(21-12)20-8-11(19)16-10-6-4-3-5-9(10)14/h2-6H,1,7-8H2,(H,15,17)(H,16,19). The zero-order valence-electron chi connectivity index (χ0n) is 11.0. The number of anilines is 2. The van der Waals surface area contributed by atoms with Gasteiger partial charge in [0.1, 0.15) is 5.82 Å². The van der Waals surface area contributed by atoms with Gasteiger partial charge in [-0.2, -0.15) is 0 Å². The molecule has 0 aliphatic heterocycles. The van der Waals surface area contributed by atoms with Crippen LogP contribution in [0.15, 0.2) is 41.3 Å². The highest BCUT2D eigenvalue weighted by Crippen LogP contribution is 2.25. The van der Waals surface area contributed by atoms with Crippen molar-refractivity contribution in [2.24, 2.45) is 0 Å². The topological polar surface area (TPSA) is 66.9 Å². The molecule has 0 atom stereocenters. The van der Waals surface area contributed by atoms with E-state index >= 15 is 0 Å². The highest BCUT2D eigenvalue weighted by Gasteiger charge is 2.09. The number of benzene rings is 1. The fourth-order valence-electron chi connectivity index (χ4n) is 1.38. The van der Waals surface area contributed by atoms with Crippen LogP contribution in [-0.2, 0) is 4.79 Å². The first-order chi connectivity index (χ1) is 10.2. The molecule has 1 aromatic heterocycles. The first-order valence-electron chi connectivity index (χ1n) is 6.04. The van der Waals surface area contributed by atoms with Crippen molar-refractivity contribution in [3.63, 3.8) is 0 Å². The zero-order chi connectivity index (χ0) is 15.1. The summed E-state index contributed by atoms with van der Waals surface area (Å²) in [6, 6.07) is 6.04. The van der Waals surface area contributed by atoms with Gasteiger partial charge >= 0.3 is 0 Å². The van der Waals surface area contributed by atoms with E-state index in [1.807, 2.05) is 0 Å². The molecule has 110 valence electrons. The van der Waals surface area contributed by atoms with E-state index in [4.69, 9.17) is 0 Å². The van der Waals surface area contributed by atoms with Crippen molar-refractivity contribution in [2.75, 3.05) is 22.9 Å². The summed E-state index contributed by atoms with van der Waals surface area (Å²) in [4.78, 5) is 11.7. The fraction of sp³-hybridized carbons (Fsp3) is 0.154. The predicted octanol–water partition coefficient (Wildman–Crippen LogP) is 3.01.